The lowest BCUT2D eigenvalue weighted by Crippen LogP contribution is -2.42. The number of aromatic nitrogens is 3. The van der Waals surface area contributed by atoms with Crippen LogP contribution in [0.2, 0.25) is 0 Å². The molecule has 0 saturated heterocycles. The molecule has 5 nitrogen and oxygen atoms in total. The summed E-state index contributed by atoms with van der Waals surface area (Å²) in [5.74, 6) is 0.843. The molecule has 40 heavy (non-hydrogen) atoms. The molecular weight excluding hydrogens is 492 g/mol. The van der Waals surface area contributed by atoms with Crippen molar-refractivity contribution in [2.75, 3.05) is 0 Å². The maximum atomic E-state index is 14.3. The number of hydrogen-bond donors (Lipinski definition) is 0. The van der Waals surface area contributed by atoms with Gasteiger partial charge in [0.25, 0.3) is 5.91 Å². The molecule has 3 aromatic carbocycles. The highest BCUT2D eigenvalue weighted by Gasteiger charge is 2.38. The smallest absolute Gasteiger partial charge is 0.254 e. The minimum absolute atomic E-state index is 0.0227. The molecule has 5 aromatic rings. The summed E-state index contributed by atoms with van der Waals surface area (Å²) < 4.78 is 2.22. The number of aryl methyl sites for hydroxylation is 1. The zero-order valence-corrected chi connectivity index (χ0v) is 23.7. The van der Waals surface area contributed by atoms with Crippen molar-refractivity contribution < 1.29 is 4.79 Å². The second-order valence-corrected chi connectivity index (χ2v) is 11.3. The van der Waals surface area contributed by atoms with Crippen molar-refractivity contribution >= 4 is 5.91 Å². The fraction of sp³-hybridized carbons (Fsp3) is 0.229. The molecule has 0 fully saturated rings. The first kappa shape index (κ1) is 27.1. The maximum Gasteiger partial charge on any atom is 0.254 e. The number of hydrogen-bond acceptors (Lipinski definition) is 3. The topological polar surface area (TPSA) is 51.0 Å². The van der Waals surface area contributed by atoms with Crippen LogP contribution in [0.5, 0.6) is 0 Å². The van der Waals surface area contributed by atoms with Crippen molar-refractivity contribution in [2.45, 2.75) is 46.8 Å². The van der Waals surface area contributed by atoms with Gasteiger partial charge < -0.3 is 9.47 Å². The average molecular weight is 529 g/mol. The molecular formula is C35H36N4O. The molecule has 2 heterocycles. The Hall–Kier alpha value is -4.51. The summed E-state index contributed by atoms with van der Waals surface area (Å²) in [5, 5.41) is 0. The summed E-state index contributed by atoms with van der Waals surface area (Å²) >= 11 is 0. The van der Waals surface area contributed by atoms with Crippen molar-refractivity contribution in [3.8, 4) is 11.3 Å². The van der Waals surface area contributed by atoms with Crippen LogP contribution in [0, 0.1) is 12.3 Å². The van der Waals surface area contributed by atoms with E-state index in [2.05, 4.69) is 79.0 Å². The number of pyridine rings is 1. The number of amides is 1. The minimum Gasteiger partial charge on any atom is -0.328 e. The van der Waals surface area contributed by atoms with Gasteiger partial charge in [0.15, 0.2) is 0 Å². The van der Waals surface area contributed by atoms with Crippen LogP contribution >= 0.6 is 0 Å². The molecule has 202 valence electrons. The van der Waals surface area contributed by atoms with Crippen molar-refractivity contribution in [1.82, 2.24) is 19.4 Å². The maximum absolute atomic E-state index is 14.3. The van der Waals surface area contributed by atoms with E-state index in [0.717, 1.165) is 28.3 Å². The van der Waals surface area contributed by atoms with Gasteiger partial charge in [-0.3, -0.25) is 9.78 Å². The largest absolute Gasteiger partial charge is 0.328 e. The fourth-order valence-electron chi connectivity index (χ4n) is 5.22. The highest BCUT2D eigenvalue weighted by molar-refractivity contribution is 5.94. The van der Waals surface area contributed by atoms with E-state index in [4.69, 9.17) is 4.98 Å². The molecule has 5 rings (SSSR count). The van der Waals surface area contributed by atoms with Crippen LogP contribution < -0.4 is 0 Å². The highest BCUT2D eigenvalue weighted by Crippen LogP contribution is 2.40. The van der Waals surface area contributed by atoms with Gasteiger partial charge in [-0.15, -0.1) is 0 Å². The van der Waals surface area contributed by atoms with Crippen molar-refractivity contribution in [3.63, 3.8) is 0 Å². The van der Waals surface area contributed by atoms with E-state index in [-0.39, 0.29) is 17.4 Å². The third-order valence-corrected chi connectivity index (χ3v) is 7.04. The van der Waals surface area contributed by atoms with E-state index in [1.54, 1.807) is 0 Å². The van der Waals surface area contributed by atoms with Gasteiger partial charge in [-0.25, -0.2) is 4.98 Å². The SMILES string of the molecule is Cc1cc(CN(C(=O)c2ccccc2)[C@@H](c2nc(-c3ccccc3)cn2Cc2ccccc2)C(C)(C)C)ccn1. The normalized spacial score (nSPS) is 12.2. The van der Waals surface area contributed by atoms with Gasteiger partial charge in [-0.1, -0.05) is 99.6 Å². The van der Waals surface area contributed by atoms with Crippen molar-refractivity contribution in [2.24, 2.45) is 5.41 Å². The fourth-order valence-corrected chi connectivity index (χ4v) is 5.22. The summed E-state index contributed by atoms with van der Waals surface area (Å²) in [6.45, 7) is 9.63. The molecule has 5 heteroatoms. The van der Waals surface area contributed by atoms with Crippen LogP contribution in [0.3, 0.4) is 0 Å². The minimum atomic E-state index is -0.319. The predicted molar refractivity (Wildman–Crippen MR) is 161 cm³/mol. The van der Waals surface area contributed by atoms with E-state index < -0.39 is 0 Å². The van der Waals surface area contributed by atoms with Gasteiger partial charge in [0.2, 0.25) is 0 Å². The Bertz CT molecular complexity index is 1550. The van der Waals surface area contributed by atoms with Gasteiger partial charge >= 0.3 is 0 Å². The third kappa shape index (κ3) is 6.20. The molecule has 2 aromatic heterocycles. The Morgan fingerprint density at radius 2 is 1.48 bits per heavy atom. The van der Waals surface area contributed by atoms with E-state index in [1.165, 1.54) is 5.56 Å². The van der Waals surface area contributed by atoms with Crippen LogP contribution in [0.4, 0.5) is 0 Å². The number of carbonyl (C=O) groups is 1. The van der Waals surface area contributed by atoms with Crippen LogP contribution in [0.25, 0.3) is 11.3 Å². The molecule has 0 saturated carbocycles. The van der Waals surface area contributed by atoms with E-state index in [0.29, 0.717) is 18.7 Å². The van der Waals surface area contributed by atoms with Crippen LogP contribution in [0.15, 0.2) is 116 Å². The third-order valence-electron chi connectivity index (χ3n) is 7.04. The second kappa shape index (κ2) is 11.7. The standard InChI is InChI=1S/C35H36N4O/c1-26-22-28(20-21-36-26)24-39(34(40)30-18-12-7-13-19-30)32(35(2,3)4)33-37-31(29-16-10-6-11-17-29)25-38(33)23-27-14-8-5-9-15-27/h5-22,25,32H,23-24H2,1-4H3/t32-/m0/s1. The Kier molecular flexibility index (Phi) is 7.92. The van der Waals surface area contributed by atoms with Gasteiger partial charge in [0, 0.05) is 42.3 Å². The summed E-state index contributed by atoms with van der Waals surface area (Å²) in [4.78, 5) is 25.9. The quantitative estimate of drug-likeness (QED) is 0.207. The molecule has 0 bridgehead atoms. The van der Waals surface area contributed by atoms with E-state index >= 15 is 0 Å². The Morgan fingerprint density at radius 3 is 2.10 bits per heavy atom. The molecule has 0 N–H and O–H groups in total. The van der Waals surface area contributed by atoms with E-state index in [9.17, 15) is 4.79 Å². The summed E-state index contributed by atoms with van der Waals surface area (Å²) in [5.41, 5.74) is 5.43. The number of rotatable bonds is 8. The monoisotopic (exact) mass is 528 g/mol. The molecule has 0 aliphatic rings. The summed E-state index contributed by atoms with van der Waals surface area (Å²) in [6.07, 6.45) is 3.93. The van der Waals surface area contributed by atoms with Gasteiger partial charge in [-0.05, 0) is 47.7 Å². The molecule has 0 spiro atoms. The number of nitrogens with zero attached hydrogens (tertiary/aromatic N) is 4. The number of carbonyl (C=O) groups excluding carboxylic acids is 1. The summed E-state index contributed by atoms with van der Waals surface area (Å²) in [6, 6.07) is 33.9. The Morgan fingerprint density at radius 1 is 0.850 bits per heavy atom. The first-order chi connectivity index (χ1) is 19.3. The lowest BCUT2D eigenvalue weighted by Gasteiger charge is -2.40. The first-order valence-corrected chi connectivity index (χ1v) is 13.7. The molecule has 1 amide bonds. The second-order valence-electron chi connectivity index (χ2n) is 11.3. The molecule has 0 radical (unpaired) electrons. The Labute approximate surface area is 237 Å². The lowest BCUT2D eigenvalue weighted by molar-refractivity contribution is 0.0456. The molecule has 1 atom stereocenters. The highest BCUT2D eigenvalue weighted by atomic mass is 16.2. The molecule has 0 aliphatic carbocycles. The zero-order valence-electron chi connectivity index (χ0n) is 23.7. The number of imidazole rings is 1. The van der Waals surface area contributed by atoms with Gasteiger partial charge in [0.05, 0.1) is 11.7 Å². The lowest BCUT2D eigenvalue weighted by atomic mass is 9.84. The molecule has 0 unspecified atom stereocenters. The van der Waals surface area contributed by atoms with Crippen LogP contribution in [-0.4, -0.2) is 25.3 Å². The average Bonchev–Trinajstić information content (AvgIpc) is 3.36. The predicted octanol–water partition coefficient (Wildman–Crippen LogP) is 7.73. The van der Waals surface area contributed by atoms with Gasteiger partial charge in [-0.2, -0.15) is 0 Å². The number of benzene rings is 3. The first-order valence-electron chi connectivity index (χ1n) is 13.7. The van der Waals surface area contributed by atoms with E-state index in [1.807, 2.05) is 78.7 Å². The van der Waals surface area contributed by atoms with Crippen LogP contribution in [-0.2, 0) is 13.1 Å². The van der Waals surface area contributed by atoms with Crippen molar-refractivity contribution in [1.29, 1.82) is 0 Å². The van der Waals surface area contributed by atoms with Crippen LogP contribution in [0.1, 0.15) is 59.8 Å². The summed E-state index contributed by atoms with van der Waals surface area (Å²) in [7, 11) is 0. The molecule has 0 aliphatic heterocycles. The Balaban J connectivity index is 1.68. The van der Waals surface area contributed by atoms with Crippen molar-refractivity contribution in [3.05, 3.63) is 144 Å². The zero-order chi connectivity index (χ0) is 28.1. The van der Waals surface area contributed by atoms with Gasteiger partial charge in [0.1, 0.15) is 5.82 Å².